The van der Waals surface area contributed by atoms with Gasteiger partial charge in [0.15, 0.2) is 0 Å². The van der Waals surface area contributed by atoms with Crippen LogP contribution in [0.1, 0.15) is 58.4 Å². The van der Waals surface area contributed by atoms with Crippen molar-refractivity contribution in [3.05, 3.63) is 35.8 Å². The molecule has 2 aliphatic carbocycles. The lowest BCUT2D eigenvalue weighted by Gasteiger charge is -2.58. The van der Waals surface area contributed by atoms with E-state index in [0.29, 0.717) is 11.3 Å². The minimum Gasteiger partial charge on any atom is -0.472 e. The van der Waals surface area contributed by atoms with Crippen LogP contribution in [0.2, 0.25) is 0 Å². The molecular formula is C20H30O2. The van der Waals surface area contributed by atoms with Crippen molar-refractivity contribution in [1.29, 1.82) is 0 Å². The Bertz CT molecular complexity index is 530. The number of rotatable bonds is 4. The van der Waals surface area contributed by atoms with Gasteiger partial charge in [0.25, 0.3) is 0 Å². The molecule has 0 aromatic carbocycles. The first-order chi connectivity index (χ1) is 10.5. The van der Waals surface area contributed by atoms with Crippen LogP contribution in [0.5, 0.6) is 0 Å². The van der Waals surface area contributed by atoms with E-state index in [1.807, 2.05) is 6.26 Å². The standard InChI is InChI=1S/C20H30O2/c1-15-7-10-20(3)17(13-21)5-4-6-18(20)19(15,2)11-8-16-9-12-22-14-16/h5,9,12,14-15,18,21H,4,6-8,10-11,13H2,1-3H3/t15-,18-,19+,20+/m0/s1. The largest absolute Gasteiger partial charge is 0.472 e. The van der Waals surface area contributed by atoms with Crippen molar-refractivity contribution in [1.82, 2.24) is 0 Å². The average molecular weight is 302 g/mol. The topological polar surface area (TPSA) is 33.4 Å². The molecule has 1 aromatic heterocycles. The normalized spacial score (nSPS) is 38.5. The van der Waals surface area contributed by atoms with Crippen LogP contribution in [0, 0.1) is 22.7 Å². The van der Waals surface area contributed by atoms with Gasteiger partial charge >= 0.3 is 0 Å². The minimum atomic E-state index is 0.199. The number of hydrogen-bond donors (Lipinski definition) is 1. The molecule has 1 saturated carbocycles. The summed E-state index contributed by atoms with van der Waals surface area (Å²) in [5.41, 5.74) is 3.16. The summed E-state index contributed by atoms with van der Waals surface area (Å²) in [5.74, 6) is 1.43. The number of allylic oxidation sites excluding steroid dienone is 1. The highest BCUT2D eigenvalue weighted by atomic mass is 16.3. The van der Waals surface area contributed by atoms with Gasteiger partial charge < -0.3 is 9.52 Å². The molecule has 0 bridgehead atoms. The highest BCUT2D eigenvalue weighted by Crippen LogP contribution is 2.61. The third kappa shape index (κ3) is 2.46. The van der Waals surface area contributed by atoms with Gasteiger partial charge in [-0.3, -0.25) is 0 Å². The monoisotopic (exact) mass is 302 g/mol. The fraction of sp³-hybridized carbons (Fsp3) is 0.700. The fourth-order valence-electron chi connectivity index (χ4n) is 5.30. The van der Waals surface area contributed by atoms with E-state index in [2.05, 4.69) is 32.9 Å². The first-order valence-corrected chi connectivity index (χ1v) is 8.82. The summed E-state index contributed by atoms with van der Waals surface area (Å²) >= 11 is 0. The number of aliphatic hydroxyl groups excluding tert-OH is 1. The van der Waals surface area contributed by atoms with Gasteiger partial charge in [-0.25, -0.2) is 0 Å². The second-order valence-corrected chi connectivity index (χ2v) is 8.01. The second kappa shape index (κ2) is 5.88. The zero-order chi connectivity index (χ0) is 15.8. The molecule has 2 aliphatic rings. The smallest absolute Gasteiger partial charge is 0.0934 e. The lowest BCUT2D eigenvalue weighted by Crippen LogP contribution is -2.50. The number of aryl methyl sites for hydroxylation is 1. The molecule has 2 heteroatoms. The Kier molecular flexibility index (Phi) is 4.24. The first kappa shape index (κ1) is 15.9. The van der Waals surface area contributed by atoms with E-state index in [0.717, 1.165) is 18.8 Å². The summed E-state index contributed by atoms with van der Waals surface area (Å²) in [6.07, 6.45) is 13.2. The van der Waals surface area contributed by atoms with Crippen molar-refractivity contribution in [2.24, 2.45) is 22.7 Å². The van der Waals surface area contributed by atoms with Gasteiger partial charge in [-0.2, -0.15) is 0 Å². The first-order valence-electron chi connectivity index (χ1n) is 8.82. The van der Waals surface area contributed by atoms with Crippen LogP contribution in [-0.4, -0.2) is 11.7 Å². The number of aliphatic hydroxyl groups is 1. The average Bonchev–Trinajstić information content (AvgIpc) is 3.03. The molecule has 4 atom stereocenters. The predicted octanol–water partition coefficient (Wildman–Crippen LogP) is 4.98. The summed E-state index contributed by atoms with van der Waals surface area (Å²) in [4.78, 5) is 0. The summed E-state index contributed by atoms with van der Waals surface area (Å²) in [6, 6.07) is 2.09. The zero-order valence-electron chi connectivity index (χ0n) is 14.3. The highest BCUT2D eigenvalue weighted by Gasteiger charge is 2.53. The lowest BCUT2D eigenvalue weighted by molar-refractivity contribution is -0.0507. The maximum absolute atomic E-state index is 9.83. The third-order valence-electron chi connectivity index (χ3n) is 7.07. The SMILES string of the molecule is C[C@H]1CC[C@]2(C)C(CO)=CCC[C@H]2[C@]1(C)CCc1ccoc1. The van der Waals surface area contributed by atoms with Crippen LogP contribution in [0.15, 0.2) is 34.7 Å². The molecule has 122 valence electrons. The zero-order valence-corrected chi connectivity index (χ0v) is 14.3. The van der Waals surface area contributed by atoms with Crippen LogP contribution in [-0.2, 0) is 6.42 Å². The Balaban J connectivity index is 1.86. The molecule has 1 aromatic rings. The van der Waals surface area contributed by atoms with E-state index in [-0.39, 0.29) is 12.0 Å². The van der Waals surface area contributed by atoms with Crippen LogP contribution >= 0.6 is 0 Å². The molecule has 1 N–H and O–H groups in total. The minimum absolute atomic E-state index is 0.199. The van der Waals surface area contributed by atoms with Crippen molar-refractivity contribution in [2.75, 3.05) is 6.61 Å². The van der Waals surface area contributed by atoms with Gasteiger partial charge in [0, 0.05) is 0 Å². The van der Waals surface area contributed by atoms with E-state index >= 15 is 0 Å². The number of furan rings is 1. The van der Waals surface area contributed by atoms with E-state index in [1.54, 1.807) is 6.26 Å². The predicted molar refractivity (Wildman–Crippen MR) is 89.5 cm³/mol. The number of fused-ring (bicyclic) bond motifs is 1. The highest BCUT2D eigenvalue weighted by molar-refractivity contribution is 5.23. The lowest BCUT2D eigenvalue weighted by atomic mass is 9.47. The Hall–Kier alpha value is -1.02. The van der Waals surface area contributed by atoms with Crippen molar-refractivity contribution in [3.63, 3.8) is 0 Å². The van der Waals surface area contributed by atoms with Gasteiger partial charge in [-0.1, -0.05) is 26.8 Å². The van der Waals surface area contributed by atoms with Gasteiger partial charge in [0.1, 0.15) is 0 Å². The molecule has 0 radical (unpaired) electrons. The summed E-state index contributed by atoms with van der Waals surface area (Å²) in [6.45, 7) is 7.58. The van der Waals surface area contributed by atoms with Crippen molar-refractivity contribution >= 4 is 0 Å². The van der Waals surface area contributed by atoms with Crippen LogP contribution in [0.3, 0.4) is 0 Å². The van der Waals surface area contributed by atoms with E-state index in [9.17, 15) is 5.11 Å². The Morgan fingerprint density at radius 2 is 2.14 bits per heavy atom. The van der Waals surface area contributed by atoms with Gasteiger partial charge in [0.05, 0.1) is 19.1 Å². The van der Waals surface area contributed by atoms with Gasteiger partial charge in [-0.15, -0.1) is 0 Å². The molecule has 3 rings (SSSR count). The summed E-state index contributed by atoms with van der Waals surface area (Å²) in [5, 5.41) is 9.83. The quantitative estimate of drug-likeness (QED) is 0.795. The molecule has 1 heterocycles. The van der Waals surface area contributed by atoms with Crippen molar-refractivity contribution in [2.45, 2.75) is 59.3 Å². The van der Waals surface area contributed by atoms with E-state index in [1.165, 1.54) is 36.8 Å². The fourth-order valence-corrected chi connectivity index (χ4v) is 5.30. The van der Waals surface area contributed by atoms with Crippen LogP contribution in [0.4, 0.5) is 0 Å². The number of hydrogen-bond acceptors (Lipinski definition) is 2. The maximum atomic E-state index is 9.83. The Morgan fingerprint density at radius 1 is 1.32 bits per heavy atom. The Labute approximate surface area is 134 Å². The molecule has 0 unspecified atom stereocenters. The second-order valence-electron chi connectivity index (χ2n) is 8.01. The Morgan fingerprint density at radius 3 is 2.82 bits per heavy atom. The van der Waals surface area contributed by atoms with Crippen molar-refractivity contribution < 1.29 is 9.52 Å². The molecule has 2 nitrogen and oxygen atoms in total. The maximum Gasteiger partial charge on any atom is 0.0934 e. The van der Waals surface area contributed by atoms with Gasteiger partial charge in [0.2, 0.25) is 0 Å². The molecule has 0 aliphatic heterocycles. The molecule has 0 saturated heterocycles. The summed E-state index contributed by atoms with van der Waals surface area (Å²) in [7, 11) is 0. The molecular weight excluding hydrogens is 272 g/mol. The van der Waals surface area contributed by atoms with E-state index < -0.39 is 0 Å². The van der Waals surface area contributed by atoms with Gasteiger partial charge in [-0.05, 0) is 78.4 Å². The third-order valence-corrected chi connectivity index (χ3v) is 7.07. The molecule has 0 spiro atoms. The summed E-state index contributed by atoms with van der Waals surface area (Å²) < 4.78 is 5.23. The molecule has 1 fully saturated rings. The van der Waals surface area contributed by atoms with E-state index in [4.69, 9.17) is 4.42 Å². The van der Waals surface area contributed by atoms with Crippen LogP contribution in [0.25, 0.3) is 0 Å². The molecule has 0 amide bonds. The van der Waals surface area contributed by atoms with Crippen molar-refractivity contribution in [3.8, 4) is 0 Å². The molecule has 22 heavy (non-hydrogen) atoms. The van der Waals surface area contributed by atoms with Crippen LogP contribution < -0.4 is 0 Å².